The van der Waals surface area contributed by atoms with Crippen molar-refractivity contribution < 1.29 is 58.2 Å². The van der Waals surface area contributed by atoms with E-state index in [9.17, 15) is 53.8 Å². The first kappa shape index (κ1) is 36.8. The molecule has 1 aliphatic heterocycles. The Kier molecular flexibility index (Phi) is 9.48. The van der Waals surface area contributed by atoms with Crippen molar-refractivity contribution in [3.63, 3.8) is 0 Å². The quantitative estimate of drug-likeness (QED) is 0.134. The minimum absolute atomic E-state index is 0.136. The van der Waals surface area contributed by atoms with Gasteiger partial charge in [0.1, 0.15) is 10.6 Å². The highest BCUT2D eigenvalue weighted by Gasteiger charge is 2.74. The molecule has 2 aromatic carbocycles. The molecule has 1 N–H and O–H groups in total. The minimum Gasteiger partial charge on any atom is -0.481 e. The average Bonchev–Trinajstić information content (AvgIpc) is 3.40. The predicted octanol–water partition coefficient (Wildman–Crippen LogP) is 7.66. The van der Waals surface area contributed by atoms with Gasteiger partial charge in [-0.2, -0.15) is 26.3 Å². The number of alkyl halides is 8. The van der Waals surface area contributed by atoms with Gasteiger partial charge in [-0.3, -0.25) is 9.59 Å². The standard InChI is InChI=1S/C32H32F8INO5S/c1-18-17-28(12-14-41,11-10-23(18)26(43)44)27(45)42-15-13-29(48(46,47)22-6-4-21(33)5-7-22)24-8-3-20(16-19(24)2-9-25(29)42)30(34,31(35,36)37)32(38,39)40/h3-8,16,18,23,25H,2,9-15,17H2,1H3,(H,43,44)/t18-,23-,25+,28-,29+/m1/s1. The largest absolute Gasteiger partial charge is 0.481 e. The van der Waals surface area contributed by atoms with Crippen molar-refractivity contribution in [2.24, 2.45) is 17.3 Å². The normalized spacial score (nSPS) is 28.1. The van der Waals surface area contributed by atoms with E-state index >= 15 is 4.39 Å². The fraction of sp³-hybridized carbons (Fsp3) is 0.562. The van der Waals surface area contributed by atoms with E-state index in [4.69, 9.17) is 0 Å². The van der Waals surface area contributed by atoms with Crippen LogP contribution in [-0.2, 0) is 36.3 Å². The molecule has 3 aliphatic rings. The van der Waals surface area contributed by atoms with E-state index in [0.29, 0.717) is 23.0 Å². The van der Waals surface area contributed by atoms with Crippen LogP contribution in [0.2, 0.25) is 0 Å². The summed E-state index contributed by atoms with van der Waals surface area (Å²) in [7, 11) is -4.63. The number of amides is 1. The van der Waals surface area contributed by atoms with E-state index in [-0.39, 0.29) is 67.0 Å². The molecule has 2 aliphatic carbocycles. The maximum Gasteiger partial charge on any atom is 0.435 e. The Bertz CT molecular complexity index is 1690. The van der Waals surface area contributed by atoms with E-state index in [2.05, 4.69) is 22.6 Å². The maximum atomic E-state index is 15.1. The number of likely N-dealkylation sites (tertiary alicyclic amines) is 1. The number of benzene rings is 2. The van der Waals surface area contributed by atoms with Gasteiger partial charge in [0.05, 0.1) is 22.3 Å². The smallest absolute Gasteiger partial charge is 0.435 e. The summed E-state index contributed by atoms with van der Waals surface area (Å²) in [5, 5.41) is 9.68. The lowest BCUT2D eigenvalue weighted by molar-refractivity contribution is -0.348. The second-order valence-electron chi connectivity index (χ2n) is 13.1. The summed E-state index contributed by atoms with van der Waals surface area (Å²) in [5.74, 6) is -3.20. The van der Waals surface area contributed by atoms with Gasteiger partial charge in [-0.1, -0.05) is 47.7 Å². The Morgan fingerprint density at radius 3 is 2.15 bits per heavy atom. The lowest BCUT2D eigenvalue weighted by Crippen LogP contribution is -2.56. The van der Waals surface area contributed by atoms with Gasteiger partial charge < -0.3 is 10.0 Å². The topological polar surface area (TPSA) is 91.8 Å². The van der Waals surface area contributed by atoms with Crippen LogP contribution in [0.3, 0.4) is 0 Å². The molecule has 6 nitrogen and oxygen atoms in total. The second-order valence-corrected chi connectivity index (χ2v) is 16.3. The number of hydrogen-bond acceptors (Lipinski definition) is 4. The summed E-state index contributed by atoms with van der Waals surface area (Å²) < 4.78 is 139. The lowest BCUT2D eigenvalue weighted by atomic mass is 9.63. The van der Waals surface area contributed by atoms with Crippen molar-refractivity contribution in [3.8, 4) is 0 Å². The number of sulfone groups is 1. The molecule has 0 spiro atoms. The molecule has 5 atom stereocenters. The molecule has 0 aromatic heterocycles. The number of aryl methyl sites for hydroxylation is 1. The number of carbonyl (C=O) groups excluding carboxylic acids is 1. The fourth-order valence-electron chi connectivity index (χ4n) is 8.25. The molecule has 5 rings (SSSR count). The molecular formula is C32H32F8INO5S. The SMILES string of the molecule is C[C@@H]1C[C@@](CCI)(C(=O)N2CC[C@]3(S(=O)(=O)c4ccc(F)cc4)c4ccc(C(F)(C(F)(F)F)C(F)(F)F)cc4CC[C@H]23)CC[C@H]1C(=O)O. The number of aliphatic carboxylic acids is 1. The minimum atomic E-state index is -6.38. The first-order chi connectivity index (χ1) is 22.2. The third kappa shape index (κ3) is 5.50. The Hall–Kier alpha value is -2.50. The molecule has 0 radical (unpaired) electrons. The highest BCUT2D eigenvalue weighted by molar-refractivity contribution is 14.1. The van der Waals surface area contributed by atoms with Crippen LogP contribution in [0.15, 0.2) is 47.4 Å². The van der Waals surface area contributed by atoms with Crippen LogP contribution < -0.4 is 0 Å². The Labute approximate surface area is 285 Å². The second kappa shape index (κ2) is 12.4. The van der Waals surface area contributed by atoms with Gasteiger partial charge in [0, 0.05) is 16.5 Å². The molecular weight excluding hydrogens is 789 g/mol. The van der Waals surface area contributed by atoms with E-state index in [1.807, 2.05) is 0 Å². The number of fused-ring (bicyclic) bond motifs is 3. The summed E-state index contributed by atoms with van der Waals surface area (Å²) in [6.07, 6.45) is -12.5. The van der Waals surface area contributed by atoms with Crippen LogP contribution in [-0.4, -0.2) is 59.7 Å². The molecule has 1 amide bonds. The number of carboxylic acids is 1. The first-order valence-corrected chi connectivity index (χ1v) is 18.2. The molecule has 16 heteroatoms. The van der Waals surface area contributed by atoms with Crippen molar-refractivity contribution in [2.45, 2.75) is 85.6 Å². The molecule has 48 heavy (non-hydrogen) atoms. The Balaban J connectivity index is 1.67. The molecule has 1 saturated heterocycles. The van der Waals surface area contributed by atoms with E-state index in [1.165, 1.54) is 4.90 Å². The number of carbonyl (C=O) groups is 2. The molecule has 264 valence electrons. The van der Waals surface area contributed by atoms with Gasteiger partial charge in [-0.15, -0.1) is 0 Å². The van der Waals surface area contributed by atoms with Gasteiger partial charge in [0.25, 0.3) is 0 Å². The third-order valence-electron chi connectivity index (χ3n) is 10.6. The van der Waals surface area contributed by atoms with Crippen LogP contribution >= 0.6 is 22.6 Å². The number of rotatable bonds is 7. The van der Waals surface area contributed by atoms with E-state index in [1.54, 1.807) is 6.92 Å². The van der Waals surface area contributed by atoms with Crippen LogP contribution in [0.4, 0.5) is 35.1 Å². The molecule has 1 saturated carbocycles. The van der Waals surface area contributed by atoms with Crippen LogP contribution in [0, 0.1) is 23.1 Å². The Morgan fingerprint density at radius 2 is 1.60 bits per heavy atom. The Morgan fingerprint density at radius 1 is 0.979 bits per heavy atom. The average molecular weight is 822 g/mol. The number of carboxylic acid groups (broad SMARTS) is 1. The molecule has 2 fully saturated rings. The van der Waals surface area contributed by atoms with Crippen molar-refractivity contribution in [1.82, 2.24) is 4.90 Å². The van der Waals surface area contributed by atoms with Crippen molar-refractivity contribution in [2.75, 3.05) is 11.0 Å². The van der Waals surface area contributed by atoms with Crippen molar-refractivity contribution in [3.05, 3.63) is 65.0 Å². The highest BCUT2D eigenvalue weighted by atomic mass is 127. The molecule has 1 heterocycles. The number of hydrogen-bond donors (Lipinski definition) is 1. The maximum absolute atomic E-state index is 15.1. The fourth-order valence-corrected chi connectivity index (χ4v) is 11.7. The zero-order chi connectivity index (χ0) is 35.7. The van der Waals surface area contributed by atoms with Crippen molar-refractivity contribution in [1.29, 1.82) is 0 Å². The van der Waals surface area contributed by atoms with Gasteiger partial charge >= 0.3 is 24.0 Å². The summed E-state index contributed by atoms with van der Waals surface area (Å²) >= 11 is 2.10. The highest BCUT2D eigenvalue weighted by Crippen LogP contribution is 2.58. The van der Waals surface area contributed by atoms with E-state index < -0.39 is 73.2 Å². The number of halogens is 9. The van der Waals surface area contributed by atoms with Crippen molar-refractivity contribution >= 4 is 44.3 Å². The zero-order valence-corrected chi connectivity index (χ0v) is 28.4. The summed E-state index contributed by atoms with van der Waals surface area (Å²) in [4.78, 5) is 27.5. The third-order valence-corrected chi connectivity index (χ3v) is 13.7. The summed E-state index contributed by atoms with van der Waals surface area (Å²) in [5.41, 5.74) is -8.90. The van der Waals surface area contributed by atoms with Gasteiger partial charge in [0.15, 0.2) is 9.84 Å². The lowest BCUT2D eigenvalue weighted by Gasteiger charge is -2.47. The zero-order valence-electron chi connectivity index (χ0n) is 25.5. The molecule has 0 unspecified atom stereocenters. The van der Waals surface area contributed by atoms with Gasteiger partial charge in [0.2, 0.25) is 5.91 Å². The molecule has 2 aromatic rings. The first-order valence-electron chi connectivity index (χ1n) is 15.2. The summed E-state index contributed by atoms with van der Waals surface area (Å²) in [6.45, 7) is 1.60. The van der Waals surface area contributed by atoms with E-state index in [0.717, 1.165) is 30.3 Å². The monoisotopic (exact) mass is 821 g/mol. The van der Waals surface area contributed by atoms with Crippen LogP contribution in [0.5, 0.6) is 0 Å². The van der Waals surface area contributed by atoms with Gasteiger partial charge in [-0.05, 0) is 86.3 Å². The summed E-state index contributed by atoms with van der Waals surface area (Å²) in [6, 6.07) is 4.13. The number of nitrogens with zero attached hydrogens (tertiary/aromatic N) is 1. The van der Waals surface area contributed by atoms with Crippen LogP contribution in [0.25, 0.3) is 0 Å². The van der Waals surface area contributed by atoms with Gasteiger partial charge in [-0.25, -0.2) is 17.2 Å². The predicted molar refractivity (Wildman–Crippen MR) is 165 cm³/mol. The molecule has 0 bridgehead atoms. The van der Waals surface area contributed by atoms with Crippen LogP contribution in [0.1, 0.15) is 62.1 Å².